The molecular formula is C16H24F2N2O2. The van der Waals surface area contributed by atoms with E-state index in [0.29, 0.717) is 37.5 Å². The molecule has 6 heteroatoms. The first-order chi connectivity index (χ1) is 10.5. The van der Waals surface area contributed by atoms with E-state index in [1.54, 1.807) is 4.57 Å². The number of rotatable bonds is 4. The summed E-state index contributed by atoms with van der Waals surface area (Å²) in [4.78, 5) is 11.9. The van der Waals surface area contributed by atoms with Crippen LogP contribution in [0.15, 0.2) is 9.32 Å². The molecule has 0 aromatic carbocycles. The van der Waals surface area contributed by atoms with E-state index in [9.17, 15) is 13.6 Å². The summed E-state index contributed by atoms with van der Waals surface area (Å²) in [6, 6.07) is 0. The van der Waals surface area contributed by atoms with Crippen molar-refractivity contribution in [3.05, 3.63) is 16.4 Å². The third kappa shape index (κ3) is 3.76. The molecule has 0 saturated heterocycles. The number of halogens is 2. The first-order valence-electron chi connectivity index (χ1n) is 8.47. The maximum Gasteiger partial charge on any atom is 0.441 e. The normalized spacial score (nSPS) is 23.7. The Morgan fingerprint density at radius 3 is 2.45 bits per heavy atom. The molecule has 2 saturated carbocycles. The van der Waals surface area contributed by atoms with Crippen molar-refractivity contribution in [1.82, 2.24) is 9.72 Å². The Kier molecular flexibility index (Phi) is 4.64. The first-order valence-corrected chi connectivity index (χ1v) is 8.47. The van der Waals surface area contributed by atoms with Gasteiger partial charge in [-0.05, 0) is 37.5 Å². The Morgan fingerprint density at radius 2 is 1.77 bits per heavy atom. The van der Waals surface area contributed by atoms with Gasteiger partial charge in [-0.25, -0.2) is 13.6 Å². The molecule has 0 amide bonds. The summed E-state index contributed by atoms with van der Waals surface area (Å²) in [7, 11) is 0. The minimum absolute atomic E-state index is 0.0532. The zero-order valence-corrected chi connectivity index (χ0v) is 12.9. The van der Waals surface area contributed by atoms with Gasteiger partial charge in [0.2, 0.25) is 5.92 Å². The van der Waals surface area contributed by atoms with Crippen molar-refractivity contribution in [3.8, 4) is 0 Å². The van der Waals surface area contributed by atoms with Crippen molar-refractivity contribution < 1.29 is 13.3 Å². The van der Waals surface area contributed by atoms with Crippen LogP contribution in [-0.4, -0.2) is 15.6 Å². The second-order valence-electron chi connectivity index (χ2n) is 6.98. The number of hydrogen-bond donors (Lipinski definition) is 0. The highest BCUT2D eigenvalue weighted by Crippen LogP contribution is 2.37. The molecule has 1 aromatic heterocycles. The van der Waals surface area contributed by atoms with Gasteiger partial charge in [0.05, 0.1) is 0 Å². The molecule has 0 spiro atoms. The summed E-state index contributed by atoms with van der Waals surface area (Å²) in [5.74, 6) is -1.57. The molecule has 0 radical (unpaired) electrons. The molecule has 4 nitrogen and oxygen atoms in total. The molecule has 1 aromatic rings. The van der Waals surface area contributed by atoms with Crippen molar-refractivity contribution in [2.24, 2.45) is 11.8 Å². The molecule has 0 unspecified atom stereocenters. The third-order valence-electron chi connectivity index (χ3n) is 5.23. The van der Waals surface area contributed by atoms with Gasteiger partial charge in [0.15, 0.2) is 5.82 Å². The van der Waals surface area contributed by atoms with Crippen LogP contribution in [0.4, 0.5) is 8.78 Å². The van der Waals surface area contributed by atoms with E-state index in [2.05, 4.69) is 5.16 Å². The average Bonchev–Trinajstić information content (AvgIpc) is 2.84. The SMILES string of the molecule is O=c1onc(CC2CCC(F)(F)CC2)n1CC1CCCCC1. The molecule has 2 aliphatic carbocycles. The van der Waals surface area contributed by atoms with Gasteiger partial charge in [-0.2, -0.15) is 0 Å². The average molecular weight is 314 g/mol. The van der Waals surface area contributed by atoms with E-state index < -0.39 is 11.7 Å². The van der Waals surface area contributed by atoms with Crippen LogP contribution < -0.4 is 5.76 Å². The molecule has 0 bridgehead atoms. The lowest BCUT2D eigenvalue weighted by Crippen LogP contribution is -2.28. The molecule has 2 fully saturated rings. The van der Waals surface area contributed by atoms with Crippen LogP contribution in [0.5, 0.6) is 0 Å². The number of nitrogens with zero attached hydrogens (tertiary/aromatic N) is 2. The predicted octanol–water partition coefficient (Wildman–Crippen LogP) is 3.78. The van der Waals surface area contributed by atoms with Crippen LogP contribution in [0.1, 0.15) is 63.6 Å². The van der Waals surface area contributed by atoms with Crippen LogP contribution in [0.2, 0.25) is 0 Å². The van der Waals surface area contributed by atoms with Gasteiger partial charge in [0.1, 0.15) is 0 Å². The molecular weight excluding hydrogens is 290 g/mol. The molecule has 2 aliphatic rings. The second kappa shape index (κ2) is 6.50. The molecule has 0 atom stereocenters. The molecule has 1 heterocycles. The Hall–Kier alpha value is -1.20. The largest absolute Gasteiger partial charge is 0.441 e. The fourth-order valence-corrected chi connectivity index (χ4v) is 3.81. The molecule has 3 rings (SSSR count). The predicted molar refractivity (Wildman–Crippen MR) is 77.9 cm³/mol. The maximum absolute atomic E-state index is 13.2. The summed E-state index contributed by atoms with van der Waals surface area (Å²) in [6.45, 7) is 0.667. The lowest BCUT2D eigenvalue weighted by Gasteiger charge is -2.28. The highest BCUT2D eigenvalue weighted by Gasteiger charge is 2.35. The van der Waals surface area contributed by atoms with Crippen LogP contribution in [0.25, 0.3) is 0 Å². The van der Waals surface area contributed by atoms with Gasteiger partial charge in [-0.3, -0.25) is 9.09 Å². The van der Waals surface area contributed by atoms with Crippen LogP contribution in [0, 0.1) is 11.8 Å². The third-order valence-corrected chi connectivity index (χ3v) is 5.23. The van der Waals surface area contributed by atoms with Gasteiger partial charge >= 0.3 is 5.76 Å². The number of alkyl halides is 2. The second-order valence-corrected chi connectivity index (χ2v) is 6.98. The highest BCUT2D eigenvalue weighted by atomic mass is 19.3. The van der Waals surface area contributed by atoms with E-state index in [-0.39, 0.29) is 18.8 Å². The zero-order chi connectivity index (χ0) is 15.6. The lowest BCUT2D eigenvalue weighted by molar-refractivity contribution is -0.0459. The van der Waals surface area contributed by atoms with E-state index in [1.807, 2.05) is 0 Å². The monoisotopic (exact) mass is 314 g/mol. The summed E-state index contributed by atoms with van der Waals surface area (Å²) >= 11 is 0. The highest BCUT2D eigenvalue weighted by molar-refractivity contribution is 4.90. The molecule has 22 heavy (non-hydrogen) atoms. The molecule has 124 valence electrons. The van der Waals surface area contributed by atoms with Gasteiger partial charge in [-0.1, -0.05) is 24.4 Å². The van der Waals surface area contributed by atoms with Crippen molar-refractivity contribution in [1.29, 1.82) is 0 Å². The zero-order valence-electron chi connectivity index (χ0n) is 12.9. The number of aromatic nitrogens is 2. The van der Waals surface area contributed by atoms with E-state index >= 15 is 0 Å². The van der Waals surface area contributed by atoms with Crippen LogP contribution >= 0.6 is 0 Å². The van der Waals surface area contributed by atoms with Gasteiger partial charge in [0, 0.05) is 25.8 Å². The quantitative estimate of drug-likeness (QED) is 0.849. The van der Waals surface area contributed by atoms with Crippen molar-refractivity contribution in [2.75, 3.05) is 0 Å². The minimum Gasteiger partial charge on any atom is -0.296 e. The van der Waals surface area contributed by atoms with Gasteiger partial charge < -0.3 is 0 Å². The fraction of sp³-hybridized carbons (Fsp3) is 0.875. The summed E-state index contributed by atoms with van der Waals surface area (Å²) in [5.41, 5.74) is 0. The van der Waals surface area contributed by atoms with E-state index in [1.165, 1.54) is 19.3 Å². The topological polar surface area (TPSA) is 48.0 Å². The first kappa shape index (κ1) is 15.7. The maximum atomic E-state index is 13.2. The lowest BCUT2D eigenvalue weighted by atomic mass is 9.84. The standard InChI is InChI=1S/C16H24F2N2O2/c17-16(18)8-6-12(7-9-16)10-14-19-22-15(21)20(14)11-13-4-2-1-3-5-13/h12-13H,1-11H2. The fourth-order valence-electron chi connectivity index (χ4n) is 3.81. The van der Waals surface area contributed by atoms with Gasteiger partial charge in [-0.15, -0.1) is 0 Å². The smallest absolute Gasteiger partial charge is 0.296 e. The Morgan fingerprint density at radius 1 is 1.09 bits per heavy atom. The Balaban J connectivity index is 1.63. The Bertz CT molecular complexity index is 537. The number of hydrogen-bond acceptors (Lipinski definition) is 3. The summed E-state index contributed by atoms with van der Waals surface area (Å²) in [5, 5.41) is 3.90. The van der Waals surface area contributed by atoms with E-state index in [4.69, 9.17) is 4.52 Å². The molecule has 0 N–H and O–H groups in total. The van der Waals surface area contributed by atoms with Crippen LogP contribution in [0.3, 0.4) is 0 Å². The van der Waals surface area contributed by atoms with Crippen molar-refractivity contribution in [2.45, 2.75) is 76.7 Å². The van der Waals surface area contributed by atoms with Gasteiger partial charge in [0.25, 0.3) is 0 Å². The Labute approximate surface area is 128 Å². The summed E-state index contributed by atoms with van der Waals surface area (Å²) < 4.78 is 32.9. The van der Waals surface area contributed by atoms with E-state index in [0.717, 1.165) is 12.8 Å². The molecule has 0 aliphatic heterocycles. The van der Waals surface area contributed by atoms with Crippen molar-refractivity contribution in [3.63, 3.8) is 0 Å². The van der Waals surface area contributed by atoms with Crippen molar-refractivity contribution >= 4 is 0 Å². The van der Waals surface area contributed by atoms with Crippen LogP contribution in [-0.2, 0) is 13.0 Å². The summed E-state index contributed by atoms with van der Waals surface area (Å²) in [6.07, 6.45) is 7.47. The minimum atomic E-state index is -2.51.